The van der Waals surface area contributed by atoms with Crippen LogP contribution >= 0.6 is 22.6 Å². The van der Waals surface area contributed by atoms with Crippen LogP contribution in [0.1, 0.15) is 0 Å². The maximum atomic E-state index is 12.1. The van der Waals surface area contributed by atoms with Gasteiger partial charge < -0.3 is 10.1 Å². The molecular weight excluding hydrogens is 507 g/mol. The number of nitrogens with zero attached hydrogens (tertiary/aromatic N) is 7. The van der Waals surface area contributed by atoms with Gasteiger partial charge in [-0.3, -0.25) is 14.9 Å². The molecule has 2 heterocycles. The summed E-state index contributed by atoms with van der Waals surface area (Å²) >= 11 is 2.12. The summed E-state index contributed by atoms with van der Waals surface area (Å²) < 4.78 is 0.933. The number of aromatic nitrogens is 5. The van der Waals surface area contributed by atoms with Gasteiger partial charge in [0.05, 0.1) is 10.4 Å². The van der Waals surface area contributed by atoms with Crippen LogP contribution in [0.3, 0.4) is 0 Å². The maximum absolute atomic E-state index is 12.1. The first-order valence-corrected chi connectivity index (χ1v) is 9.46. The SMILES string of the molecule is O=C(Cn1nnc(-c2cccc([N+](=O)[O-])c2)n1)N=Nc1c(O)[nH]c2ccc(I)cc12. The number of hydrogen-bond donors (Lipinski definition) is 2. The zero-order valence-electron chi connectivity index (χ0n) is 14.9. The Balaban J connectivity index is 1.50. The molecule has 13 heteroatoms. The molecule has 0 radical (unpaired) electrons. The van der Waals surface area contributed by atoms with Crippen LogP contribution in [0.25, 0.3) is 22.3 Å². The molecule has 0 spiro atoms. The average Bonchev–Trinajstić information content (AvgIpc) is 3.30. The molecule has 150 valence electrons. The van der Waals surface area contributed by atoms with Crippen molar-refractivity contribution in [2.45, 2.75) is 6.54 Å². The summed E-state index contributed by atoms with van der Waals surface area (Å²) in [5, 5.41) is 40.6. The van der Waals surface area contributed by atoms with Gasteiger partial charge in [-0.15, -0.1) is 20.4 Å². The number of nitrogens with one attached hydrogen (secondary N) is 1. The Bertz CT molecular complexity index is 1310. The largest absolute Gasteiger partial charge is 0.493 e. The van der Waals surface area contributed by atoms with E-state index in [1.54, 1.807) is 18.2 Å². The first-order valence-electron chi connectivity index (χ1n) is 8.38. The molecule has 0 aliphatic heterocycles. The lowest BCUT2D eigenvalue weighted by molar-refractivity contribution is -0.384. The predicted octanol–water partition coefficient (Wildman–Crippen LogP) is 3.35. The molecule has 0 atom stereocenters. The molecule has 2 aromatic heterocycles. The number of hydrogen-bond acceptors (Lipinski definition) is 8. The van der Waals surface area contributed by atoms with Crippen LogP contribution in [0, 0.1) is 13.7 Å². The molecule has 0 bridgehead atoms. The number of aromatic hydroxyl groups is 1. The van der Waals surface area contributed by atoms with Crippen molar-refractivity contribution in [2.24, 2.45) is 10.2 Å². The zero-order valence-corrected chi connectivity index (χ0v) is 17.1. The van der Waals surface area contributed by atoms with Crippen LogP contribution in [0.15, 0.2) is 52.7 Å². The Morgan fingerprint density at radius 2 is 2.13 bits per heavy atom. The van der Waals surface area contributed by atoms with Gasteiger partial charge in [-0.1, -0.05) is 12.1 Å². The normalized spacial score (nSPS) is 11.4. The molecule has 2 N–H and O–H groups in total. The summed E-state index contributed by atoms with van der Waals surface area (Å²) in [7, 11) is 0. The van der Waals surface area contributed by atoms with Crippen molar-refractivity contribution in [3.63, 3.8) is 0 Å². The van der Waals surface area contributed by atoms with E-state index in [0.29, 0.717) is 16.5 Å². The third kappa shape index (κ3) is 4.00. The number of nitro benzene ring substituents is 1. The first-order chi connectivity index (χ1) is 14.4. The topological polar surface area (TPSA) is 165 Å². The van der Waals surface area contributed by atoms with Gasteiger partial charge in [0, 0.05) is 26.7 Å². The third-order valence-corrected chi connectivity index (χ3v) is 4.69. The van der Waals surface area contributed by atoms with E-state index in [4.69, 9.17) is 0 Å². The number of rotatable bonds is 5. The Kier molecular flexibility index (Phi) is 5.18. The van der Waals surface area contributed by atoms with E-state index in [2.05, 4.69) is 53.2 Å². The number of non-ortho nitro benzene ring substituents is 1. The van der Waals surface area contributed by atoms with Crippen LogP contribution in [-0.4, -0.2) is 41.1 Å². The zero-order chi connectivity index (χ0) is 21.3. The van der Waals surface area contributed by atoms with E-state index in [9.17, 15) is 20.0 Å². The molecule has 4 aromatic rings. The van der Waals surface area contributed by atoms with Gasteiger partial charge in [-0.2, -0.15) is 4.80 Å². The molecule has 0 aliphatic rings. The van der Waals surface area contributed by atoms with Crippen molar-refractivity contribution in [1.82, 2.24) is 25.2 Å². The number of aromatic amines is 1. The van der Waals surface area contributed by atoms with Gasteiger partial charge in [-0.05, 0) is 46.0 Å². The van der Waals surface area contributed by atoms with Crippen molar-refractivity contribution in [1.29, 1.82) is 0 Å². The summed E-state index contributed by atoms with van der Waals surface area (Å²) in [4.78, 5) is 26.3. The number of azo groups is 1. The minimum Gasteiger partial charge on any atom is -0.493 e. The van der Waals surface area contributed by atoms with Crippen molar-refractivity contribution in [2.75, 3.05) is 0 Å². The number of carbonyl (C=O) groups is 1. The summed E-state index contributed by atoms with van der Waals surface area (Å²) in [6.07, 6.45) is 0. The number of nitro groups is 1. The van der Waals surface area contributed by atoms with E-state index in [1.165, 1.54) is 18.2 Å². The highest BCUT2D eigenvalue weighted by atomic mass is 127. The minimum absolute atomic E-state index is 0.109. The fraction of sp³-hybridized carbons (Fsp3) is 0.0588. The highest BCUT2D eigenvalue weighted by molar-refractivity contribution is 14.1. The maximum Gasteiger partial charge on any atom is 0.287 e. The highest BCUT2D eigenvalue weighted by Gasteiger charge is 2.14. The van der Waals surface area contributed by atoms with E-state index < -0.39 is 10.8 Å². The number of H-pyrrole nitrogens is 1. The molecule has 0 saturated heterocycles. The van der Waals surface area contributed by atoms with Crippen molar-refractivity contribution in [3.8, 4) is 17.3 Å². The number of halogens is 1. The predicted molar refractivity (Wildman–Crippen MR) is 112 cm³/mol. The Labute approximate surface area is 180 Å². The third-order valence-electron chi connectivity index (χ3n) is 4.02. The van der Waals surface area contributed by atoms with E-state index in [1.807, 2.05) is 6.07 Å². The highest BCUT2D eigenvalue weighted by Crippen LogP contribution is 2.36. The molecule has 0 saturated carbocycles. The molecule has 12 nitrogen and oxygen atoms in total. The molecule has 4 rings (SSSR count). The second kappa shape index (κ2) is 7.94. The van der Waals surface area contributed by atoms with E-state index >= 15 is 0 Å². The Morgan fingerprint density at radius 3 is 2.93 bits per heavy atom. The minimum atomic E-state index is -0.669. The van der Waals surface area contributed by atoms with Crippen molar-refractivity contribution >= 4 is 50.8 Å². The molecule has 2 aromatic carbocycles. The van der Waals surface area contributed by atoms with Gasteiger partial charge in [-0.25, -0.2) is 0 Å². The fourth-order valence-corrected chi connectivity index (χ4v) is 3.17. The number of amides is 1. The Hall–Kier alpha value is -3.75. The van der Waals surface area contributed by atoms with Gasteiger partial charge >= 0.3 is 0 Å². The molecule has 30 heavy (non-hydrogen) atoms. The van der Waals surface area contributed by atoms with E-state index in [-0.39, 0.29) is 29.6 Å². The Morgan fingerprint density at radius 1 is 1.30 bits per heavy atom. The number of tetrazole rings is 1. The van der Waals surface area contributed by atoms with Gasteiger partial charge in [0.1, 0.15) is 6.54 Å². The molecule has 0 unspecified atom stereocenters. The quantitative estimate of drug-likeness (QED) is 0.177. The second-order valence-electron chi connectivity index (χ2n) is 6.06. The molecule has 0 aliphatic carbocycles. The van der Waals surface area contributed by atoms with Crippen LogP contribution in [0.5, 0.6) is 5.88 Å². The molecular formula is C17H11IN8O4. The lowest BCUT2D eigenvalue weighted by Crippen LogP contribution is -2.10. The van der Waals surface area contributed by atoms with Crippen LogP contribution in [0.4, 0.5) is 11.4 Å². The average molecular weight is 518 g/mol. The lowest BCUT2D eigenvalue weighted by atomic mass is 10.2. The van der Waals surface area contributed by atoms with Crippen LogP contribution in [-0.2, 0) is 11.3 Å². The van der Waals surface area contributed by atoms with Gasteiger partial charge in [0.2, 0.25) is 11.7 Å². The monoisotopic (exact) mass is 518 g/mol. The summed E-state index contributed by atoms with van der Waals surface area (Å²) in [5.41, 5.74) is 1.10. The molecule has 0 fully saturated rings. The smallest absolute Gasteiger partial charge is 0.287 e. The molecule has 1 amide bonds. The standard InChI is InChI=1S/C17H11IN8O4/c18-10-4-5-13-12(7-10)15(17(28)19-13)21-20-14(27)8-25-23-16(22-24-25)9-2-1-3-11(6-9)26(29)30/h1-7,19,28H,8H2. The fourth-order valence-electron chi connectivity index (χ4n) is 2.68. The van der Waals surface area contributed by atoms with Crippen LogP contribution in [0.2, 0.25) is 0 Å². The van der Waals surface area contributed by atoms with Crippen molar-refractivity contribution in [3.05, 3.63) is 56.1 Å². The van der Waals surface area contributed by atoms with Gasteiger partial charge in [0.25, 0.3) is 11.6 Å². The van der Waals surface area contributed by atoms with Crippen LogP contribution < -0.4 is 0 Å². The van der Waals surface area contributed by atoms with Crippen molar-refractivity contribution < 1.29 is 14.8 Å². The second-order valence-corrected chi connectivity index (χ2v) is 7.30. The summed E-state index contributed by atoms with van der Waals surface area (Å²) in [6.45, 7) is -0.341. The summed E-state index contributed by atoms with van der Waals surface area (Å²) in [6, 6.07) is 11.2. The summed E-state index contributed by atoms with van der Waals surface area (Å²) in [5.74, 6) is -0.736. The number of benzene rings is 2. The van der Waals surface area contributed by atoms with Gasteiger partial charge in [0.15, 0.2) is 5.69 Å². The number of fused-ring (bicyclic) bond motifs is 1. The van der Waals surface area contributed by atoms with E-state index in [0.717, 1.165) is 8.37 Å². The lowest BCUT2D eigenvalue weighted by Gasteiger charge is -1.95. The number of carbonyl (C=O) groups excluding carboxylic acids is 1. The first kappa shape index (κ1) is 19.6.